The summed E-state index contributed by atoms with van der Waals surface area (Å²) in [6.07, 6.45) is 6.40. The van der Waals surface area contributed by atoms with E-state index in [0.29, 0.717) is 25.9 Å². The van der Waals surface area contributed by atoms with Crippen LogP contribution in [0.2, 0.25) is 0 Å². The summed E-state index contributed by atoms with van der Waals surface area (Å²) in [4.78, 5) is 0. The molecule has 0 aliphatic carbocycles. The van der Waals surface area contributed by atoms with Gasteiger partial charge in [-0.3, -0.25) is 0 Å². The van der Waals surface area contributed by atoms with Crippen molar-refractivity contribution >= 4 is 0 Å². The van der Waals surface area contributed by atoms with E-state index in [0.717, 1.165) is 6.42 Å². The quantitative estimate of drug-likeness (QED) is 0.387. The van der Waals surface area contributed by atoms with Crippen LogP contribution in [0.5, 0.6) is 0 Å². The third kappa shape index (κ3) is 10.7. The summed E-state index contributed by atoms with van der Waals surface area (Å²) in [6.45, 7) is 10.2. The Balaban J connectivity index is 3.53. The van der Waals surface area contributed by atoms with E-state index in [1.165, 1.54) is 25.7 Å². The molecule has 0 aliphatic rings. The Morgan fingerprint density at radius 2 is 1.47 bits per heavy atom. The monoisotopic (exact) mass is 246 g/mol. The molecule has 0 saturated heterocycles. The van der Waals surface area contributed by atoms with E-state index < -0.39 is 0 Å². The van der Waals surface area contributed by atoms with Crippen LogP contribution in [0.3, 0.4) is 0 Å². The van der Waals surface area contributed by atoms with Gasteiger partial charge in [-0.15, -0.1) is 0 Å². The average Bonchev–Trinajstić information content (AvgIpc) is 2.32. The van der Waals surface area contributed by atoms with Crippen LogP contribution < -0.4 is 0 Å². The van der Waals surface area contributed by atoms with E-state index in [2.05, 4.69) is 13.8 Å². The fourth-order valence-corrected chi connectivity index (χ4v) is 1.70. The molecular weight excluding hydrogens is 216 g/mol. The second-order valence-electron chi connectivity index (χ2n) is 4.33. The van der Waals surface area contributed by atoms with E-state index in [1.54, 1.807) is 0 Å². The van der Waals surface area contributed by atoms with Gasteiger partial charge in [-0.05, 0) is 27.2 Å². The van der Waals surface area contributed by atoms with Gasteiger partial charge in [0, 0.05) is 13.2 Å². The molecule has 0 aromatic carbocycles. The van der Waals surface area contributed by atoms with Crippen LogP contribution in [-0.2, 0) is 14.2 Å². The van der Waals surface area contributed by atoms with Gasteiger partial charge in [-0.1, -0.05) is 32.6 Å². The molecule has 104 valence electrons. The van der Waals surface area contributed by atoms with Crippen LogP contribution >= 0.6 is 0 Å². The third-order valence-corrected chi connectivity index (χ3v) is 2.69. The summed E-state index contributed by atoms with van der Waals surface area (Å²) in [5.41, 5.74) is 0. The molecule has 3 nitrogen and oxygen atoms in total. The SMILES string of the molecule is CCCCCCC(C)OCC(OCC)OCC. The van der Waals surface area contributed by atoms with Crippen molar-refractivity contribution in [2.45, 2.75) is 72.2 Å². The lowest BCUT2D eigenvalue weighted by Gasteiger charge is -2.20. The van der Waals surface area contributed by atoms with Gasteiger partial charge < -0.3 is 14.2 Å². The predicted molar refractivity (Wildman–Crippen MR) is 71.2 cm³/mol. The Labute approximate surface area is 107 Å². The average molecular weight is 246 g/mol. The highest BCUT2D eigenvalue weighted by Crippen LogP contribution is 2.09. The minimum Gasteiger partial charge on any atom is -0.373 e. The molecule has 0 saturated carbocycles. The summed E-state index contributed by atoms with van der Waals surface area (Å²) in [5.74, 6) is 0. The van der Waals surface area contributed by atoms with Crippen LogP contribution in [0.15, 0.2) is 0 Å². The van der Waals surface area contributed by atoms with Crippen LogP contribution in [0.4, 0.5) is 0 Å². The van der Waals surface area contributed by atoms with Crippen molar-refractivity contribution in [3.05, 3.63) is 0 Å². The molecule has 0 amide bonds. The summed E-state index contributed by atoms with van der Waals surface area (Å²) in [5, 5.41) is 0. The normalized spacial score (nSPS) is 13.2. The van der Waals surface area contributed by atoms with E-state index in [4.69, 9.17) is 14.2 Å². The predicted octanol–water partition coefficient (Wildman–Crippen LogP) is 3.76. The minimum absolute atomic E-state index is 0.205. The lowest BCUT2D eigenvalue weighted by molar-refractivity contribution is -0.175. The van der Waals surface area contributed by atoms with Crippen molar-refractivity contribution in [3.8, 4) is 0 Å². The number of hydrogen-bond acceptors (Lipinski definition) is 3. The molecule has 17 heavy (non-hydrogen) atoms. The number of unbranched alkanes of at least 4 members (excludes halogenated alkanes) is 3. The standard InChI is InChI=1S/C14H30O3/c1-5-8-9-10-11-13(4)17-12-14(15-6-2)16-7-3/h13-14H,5-12H2,1-4H3. The van der Waals surface area contributed by atoms with Crippen molar-refractivity contribution in [1.29, 1.82) is 0 Å². The Hall–Kier alpha value is -0.120. The molecule has 0 rings (SSSR count). The summed E-state index contributed by atoms with van der Waals surface area (Å²) in [6, 6.07) is 0. The number of hydrogen-bond donors (Lipinski definition) is 0. The topological polar surface area (TPSA) is 27.7 Å². The second-order valence-corrected chi connectivity index (χ2v) is 4.33. The second kappa shape index (κ2) is 12.3. The minimum atomic E-state index is -0.205. The first-order valence-electron chi connectivity index (χ1n) is 7.09. The van der Waals surface area contributed by atoms with Crippen LogP contribution in [0.1, 0.15) is 59.8 Å². The number of ether oxygens (including phenoxy) is 3. The fraction of sp³-hybridized carbons (Fsp3) is 1.00. The van der Waals surface area contributed by atoms with Gasteiger partial charge in [0.15, 0.2) is 6.29 Å². The van der Waals surface area contributed by atoms with E-state index in [9.17, 15) is 0 Å². The van der Waals surface area contributed by atoms with Crippen molar-refractivity contribution in [3.63, 3.8) is 0 Å². The zero-order valence-electron chi connectivity index (χ0n) is 12.0. The Morgan fingerprint density at radius 1 is 0.824 bits per heavy atom. The summed E-state index contributed by atoms with van der Waals surface area (Å²) >= 11 is 0. The van der Waals surface area contributed by atoms with E-state index in [1.807, 2.05) is 13.8 Å². The van der Waals surface area contributed by atoms with Crippen molar-refractivity contribution in [2.24, 2.45) is 0 Å². The highest BCUT2D eigenvalue weighted by molar-refractivity contribution is 4.53. The highest BCUT2D eigenvalue weighted by atomic mass is 16.7. The Kier molecular flexibility index (Phi) is 12.3. The van der Waals surface area contributed by atoms with Gasteiger partial charge >= 0.3 is 0 Å². The molecule has 0 aromatic heterocycles. The summed E-state index contributed by atoms with van der Waals surface area (Å²) < 4.78 is 16.6. The van der Waals surface area contributed by atoms with Gasteiger partial charge in [0.1, 0.15) is 0 Å². The molecular formula is C14H30O3. The molecule has 0 spiro atoms. The zero-order valence-corrected chi connectivity index (χ0v) is 12.0. The van der Waals surface area contributed by atoms with Crippen molar-refractivity contribution in [1.82, 2.24) is 0 Å². The van der Waals surface area contributed by atoms with Gasteiger partial charge in [0.2, 0.25) is 0 Å². The van der Waals surface area contributed by atoms with Crippen LogP contribution in [0.25, 0.3) is 0 Å². The van der Waals surface area contributed by atoms with E-state index in [-0.39, 0.29) is 6.29 Å². The molecule has 0 aliphatic heterocycles. The largest absolute Gasteiger partial charge is 0.373 e. The lowest BCUT2D eigenvalue weighted by atomic mass is 10.1. The van der Waals surface area contributed by atoms with Gasteiger partial charge in [-0.2, -0.15) is 0 Å². The smallest absolute Gasteiger partial charge is 0.180 e. The van der Waals surface area contributed by atoms with Gasteiger partial charge in [0.25, 0.3) is 0 Å². The molecule has 0 radical (unpaired) electrons. The molecule has 0 bridgehead atoms. The zero-order chi connectivity index (χ0) is 12.9. The first-order chi connectivity index (χ1) is 8.24. The first-order valence-corrected chi connectivity index (χ1v) is 7.09. The highest BCUT2D eigenvalue weighted by Gasteiger charge is 2.10. The Bertz CT molecular complexity index is 144. The van der Waals surface area contributed by atoms with E-state index >= 15 is 0 Å². The third-order valence-electron chi connectivity index (χ3n) is 2.69. The number of rotatable bonds is 12. The molecule has 3 heteroatoms. The van der Waals surface area contributed by atoms with Crippen molar-refractivity contribution in [2.75, 3.05) is 19.8 Å². The maximum absolute atomic E-state index is 5.74. The van der Waals surface area contributed by atoms with Crippen LogP contribution in [0, 0.1) is 0 Å². The molecule has 0 aromatic rings. The lowest BCUT2D eigenvalue weighted by Crippen LogP contribution is -2.26. The molecule has 0 fully saturated rings. The molecule has 1 atom stereocenters. The maximum atomic E-state index is 5.74. The maximum Gasteiger partial charge on any atom is 0.180 e. The molecule has 1 unspecified atom stereocenters. The summed E-state index contributed by atoms with van der Waals surface area (Å²) in [7, 11) is 0. The van der Waals surface area contributed by atoms with Crippen LogP contribution in [-0.4, -0.2) is 32.2 Å². The van der Waals surface area contributed by atoms with Gasteiger partial charge in [0.05, 0.1) is 12.7 Å². The Morgan fingerprint density at radius 3 is 2.00 bits per heavy atom. The first kappa shape index (κ1) is 16.9. The van der Waals surface area contributed by atoms with Crippen molar-refractivity contribution < 1.29 is 14.2 Å². The molecule has 0 heterocycles. The van der Waals surface area contributed by atoms with Gasteiger partial charge in [-0.25, -0.2) is 0 Å². The molecule has 0 N–H and O–H groups in total. The fourth-order valence-electron chi connectivity index (χ4n) is 1.70.